The number of likely N-dealkylation sites (N-methyl/N-ethyl adjacent to an activating group) is 1. The molecule has 0 aromatic heterocycles. The summed E-state index contributed by atoms with van der Waals surface area (Å²) in [7, 11) is 4.40. The third-order valence-electron chi connectivity index (χ3n) is 3.76. The zero-order chi connectivity index (χ0) is 7.09. The molecule has 0 aromatic carbocycles. The van der Waals surface area contributed by atoms with Gasteiger partial charge in [-0.25, -0.2) is 4.58 Å². The van der Waals surface area contributed by atoms with Crippen LogP contribution in [0.4, 0.5) is 0 Å². The van der Waals surface area contributed by atoms with Crippen molar-refractivity contribution >= 4 is 6.72 Å². The smallest absolute Gasteiger partial charge is 0.176 e. The monoisotopic (exact) mass is 137 g/mol. The Morgan fingerprint density at radius 2 is 2.30 bits per heavy atom. The SMILES string of the molecule is C=[N+]1CC2C3C1C23N(C)C. The van der Waals surface area contributed by atoms with Gasteiger partial charge in [-0.15, -0.1) is 0 Å². The number of piperidine rings is 1. The van der Waals surface area contributed by atoms with E-state index in [2.05, 4.69) is 30.3 Å². The van der Waals surface area contributed by atoms with Crippen molar-refractivity contribution in [3.8, 4) is 0 Å². The number of hydrogen-bond donors (Lipinski definition) is 0. The van der Waals surface area contributed by atoms with Crippen LogP contribution in [0.2, 0.25) is 0 Å². The number of fused-ring (bicyclic) bond motifs is 1. The minimum Gasteiger partial charge on any atom is -0.297 e. The first-order valence-corrected chi connectivity index (χ1v) is 3.95. The van der Waals surface area contributed by atoms with Gasteiger partial charge in [0.1, 0.15) is 18.8 Å². The minimum atomic E-state index is 0.613. The Bertz CT molecular complexity index is 227. The van der Waals surface area contributed by atoms with Crippen LogP contribution in [0, 0.1) is 11.8 Å². The van der Waals surface area contributed by atoms with Gasteiger partial charge >= 0.3 is 0 Å². The molecule has 2 aliphatic carbocycles. The van der Waals surface area contributed by atoms with Crippen LogP contribution in [-0.4, -0.2) is 48.4 Å². The van der Waals surface area contributed by atoms with Crippen molar-refractivity contribution in [2.24, 2.45) is 11.8 Å². The Morgan fingerprint density at radius 3 is 2.50 bits per heavy atom. The molecule has 2 heterocycles. The highest BCUT2D eigenvalue weighted by Crippen LogP contribution is 2.79. The molecule has 54 valence electrons. The van der Waals surface area contributed by atoms with E-state index < -0.39 is 0 Å². The van der Waals surface area contributed by atoms with Gasteiger partial charge in [-0.3, -0.25) is 4.90 Å². The molecule has 0 radical (unpaired) electrons. The van der Waals surface area contributed by atoms with Gasteiger partial charge in [0.2, 0.25) is 0 Å². The van der Waals surface area contributed by atoms with Crippen molar-refractivity contribution in [1.82, 2.24) is 4.90 Å². The van der Waals surface area contributed by atoms with Crippen molar-refractivity contribution in [2.75, 3.05) is 20.6 Å². The lowest BCUT2D eigenvalue weighted by atomic mass is 10.2. The molecule has 4 rings (SSSR count). The van der Waals surface area contributed by atoms with E-state index >= 15 is 0 Å². The first-order valence-electron chi connectivity index (χ1n) is 3.95. The highest BCUT2D eigenvalue weighted by Gasteiger charge is 2.99. The van der Waals surface area contributed by atoms with Gasteiger partial charge < -0.3 is 0 Å². The van der Waals surface area contributed by atoms with E-state index in [-0.39, 0.29) is 0 Å². The molecule has 4 unspecified atom stereocenters. The van der Waals surface area contributed by atoms with Gasteiger partial charge in [-0.05, 0) is 14.1 Å². The second-order valence-electron chi connectivity index (χ2n) is 4.13. The highest BCUT2D eigenvalue weighted by atomic mass is 15.4. The average Bonchev–Trinajstić information content (AvgIpc) is 2.61. The Morgan fingerprint density at radius 1 is 1.60 bits per heavy atom. The first kappa shape index (κ1) is 5.30. The summed E-state index contributed by atoms with van der Waals surface area (Å²) in [6.45, 7) is 5.26. The molecule has 0 amide bonds. The topological polar surface area (TPSA) is 6.25 Å². The van der Waals surface area contributed by atoms with Gasteiger partial charge in [0.25, 0.3) is 0 Å². The van der Waals surface area contributed by atoms with E-state index in [0.717, 1.165) is 17.9 Å². The maximum atomic E-state index is 4.02. The van der Waals surface area contributed by atoms with Gasteiger partial charge in [0.15, 0.2) is 6.04 Å². The van der Waals surface area contributed by atoms with Gasteiger partial charge in [0, 0.05) is 0 Å². The fourth-order valence-electron chi connectivity index (χ4n) is 3.26. The molecule has 2 heteroatoms. The number of nitrogens with zero attached hydrogens (tertiary/aromatic N) is 2. The molecule has 4 fully saturated rings. The van der Waals surface area contributed by atoms with Gasteiger partial charge in [0.05, 0.1) is 11.8 Å². The van der Waals surface area contributed by atoms with Crippen LogP contribution >= 0.6 is 0 Å². The molecule has 2 aliphatic heterocycles. The predicted octanol–water partition coefficient (Wildman–Crippen LogP) is -0.358. The minimum absolute atomic E-state index is 0.613. The second kappa shape index (κ2) is 1.07. The second-order valence-corrected chi connectivity index (χ2v) is 4.13. The third kappa shape index (κ3) is 0.264. The molecule has 0 aromatic rings. The Labute approximate surface area is 61.1 Å². The van der Waals surface area contributed by atoms with Gasteiger partial charge in [-0.1, -0.05) is 0 Å². The van der Waals surface area contributed by atoms with Crippen molar-refractivity contribution in [1.29, 1.82) is 0 Å². The lowest BCUT2D eigenvalue weighted by Crippen LogP contribution is -2.29. The normalized spacial score (nSPS) is 61.1. The zero-order valence-corrected chi connectivity index (χ0v) is 6.54. The van der Waals surface area contributed by atoms with E-state index in [1.54, 1.807) is 0 Å². The van der Waals surface area contributed by atoms with Crippen molar-refractivity contribution in [3.05, 3.63) is 0 Å². The third-order valence-corrected chi connectivity index (χ3v) is 3.76. The molecule has 0 spiro atoms. The average molecular weight is 137 g/mol. The van der Waals surface area contributed by atoms with Crippen molar-refractivity contribution in [3.63, 3.8) is 0 Å². The molecule has 2 bridgehead atoms. The molecular weight excluding hydrogens is 124 g/mol. The summed E-state index contributed by atoms with van der Waals surface area (Å²) in [5, 5.41) is 0. The Kier molecular flexibility index (Phi) is 0.569. The summed E-state index contributed by atoms with van der Waals surface area (Å²) in [4.78, 5) is 2.40. The quantitative estimate of drug-likeness (QED) is 0.447. The summed E-state index contributed by atoms with van der Waals surface area (Å²) in [5.74, 6) is 1.98. The van der Waals surface area contributed by atoms with Crippen LogP contribution < -0.4 is 0 Å². The van der Waals surface area contributed by atoms with Crippen LogP contribution in [0.1, 0.15) is 0 Å². The summed E-state index contributed by atoms with van der Waals surface area (Å²) in [6, 6.07) is 0.826. The maximum absolute atomic E-state index is 4.02. The summed E-state index contributed by atoms with van der Waals surface area (Å²) >= 11 is 0. The molecule has 2 saturated heterocycles. The highest BCUT2D eigenvalue weighted by molar-refractivity contribution is 5.45. The fourth-order valence-corrected chi connectivity index (χ4v) is 3.26. The van der Waals surface area contributed by atoms with E-state index in [4.69, 9.17) is 0 Å². The van der Waals surface area contributed by atoms with Crippen LogP contribution in [0.25, 0.3) is 0 Å². The standard InChI is InChI=1S/C8H13N2/c1-9(2)8-5-4-10(3)7(8)6(5)8/h5-7H,3-4H2,1-2H3/q+1. The Balaban J connectivity index is 1.99. The Hall–Kier alpha value is -0.370. The molecule has 2 saturated carbocycles. The zero-order valence-electron chi connectivity index (χ0n) is 6.54. The summed E-state index contributed by atoms with van der Waals surface area (Å²) in [5.41, 5.74) is 0.613. The first-order chi connectivity index (χ1) is 4.70. The van der Waals surface area contributed by atoms with E-state index in [0.29, 0.717) is 5.54 Å². The van der Waals surface area contributed by atoms with E-state index in [9.17, 15) is 0 Å². The van der Waals surface area contributed by atoms with Gasteiger partial charge in [-0.2, -0.15) is 0 Å². The van der Waals surface area contributed by atoms with Crippen molar-refractivity contribution < 1.29 is 4.58 Å². The molecule has 2 nitrogen and oxygen atoms in total. The lowest BCUT2D eigenvalue weighted by molar-refractivity contribution is -0.511. The largest absolute Gasteiger partial charge is 0.297 e. The molecule has 4 atom stereocenters. The fraction of sp³-hybridized carbons (Fsp3) is 0.875. The van der Waals surface area contributed by atoms with Crippen molar-refractivity contribution in [2.45, 2.75) is 11.6 Å². The number of rotatable bonds is 1. The maximum Gasteiger partial charge on any atom is 0.176 e. The van der Waals surface area contributed by atoms with Crippen LogP contribution in [0.5, 0.6) is 0 Å². The molecule has 4 aliphatic rings. The number of hydrogen-bond acceptors (Lipinski definition) is 1. The summed E-state index contributed by atoms with van der Waals surface area (Å²) in [6.07, 6.45) is 0. The van der Waals surface area contributed by atoms with Crippen LogP contribution in [0.3, 0.4) is 0 Å². The molecule has 10 heavy (non-hydrogen) atoms. The molecular formula is C8H13N2+. The predicted molar refractivity (Wildman–Crippen MR) is 39.4 cm³/mol. The van der Waals surface area contributed by atoms with E-state index in [1.165, 1.54) is 6.54 Å². The van der Waals surface area contributed by atoms with Crippen LogP contribution in [0.15, 0.2) is 0 Å². The lowest BCUT2D eigenvalue weighted by Gasteiger charge is -2.12. The van der Waals surface area contributed by atoms with E-state index in [1.807, 2.05) is 0 Å². The summed E-state index contributed by atoms with van der Waals surface area (Å²) < 4.78 is 2.27. The van der Waals surface area contributed by atoms with Crippen LogP contribution in [-0.2, 0) is 0 Å². The molecule has 0 N–H and O–H groups in total.